The van der Waals surface area contributed by atoms with Crippen LogP contribution in [0.2, 0.25) is 0 Å². The van der Waals surface area contributed by atoms with Crippen molar-refractivity contribution in [2.24, 2.45) is 0 Å². The number of nitrogens with zero attached hydrogens (tertiary/aromatic N) is 3. The maximum Gasteiger partial charge on any atom is 0.349 e. The van der Waals surface area contributed by atoms with Gasteiger partial charge in [-0.2, -0.15) is 4.98 Å². The molecular formula is C20H24N4O8. The first-order valence-electron chi connectivity index (χ1n) is 9.80. The number of aliphatic hydroxyl groups excluding tert-OH is 4. The number of aromatic nitrogens is 4. The lowest BCUT2D eigenvalue weighted by Crippen LogP contribution is -2.45. The topological polar surface area (TPSA) is 188 Å². The van der Waals surface area contributed by atoms with Gasteiger partial charge in [-0.1, -0.05) is 0 Å². The van der Waals surface area contributed by atoms with Crippen LogP contribution in [-0.4, -0.2) is 76.9 Å². The zero-order chi connectivity index (χ0) is 23.7. The van der Waals surface area contributed by atoms with Crippen molar-refractivity contribution in [1.82, 2.24) is 19.5 Å². The Morgan fingerprint density at radius 2 is 1.81 bits per heavy atom. The SMILES string of the molecule is Cc1cc2nc3c(=O)[nH]c(=O)nc-3n(C[C@@H](OC(=O)C(C)O)[C@@H](O)[C@@H](O)CO)c2cc1C. The molecule has 2 aliphatic heterocycles. The molecule has 5 N–H and O–H groups in total. The van der Waals surface area contributed by atoms with Crippen molar-refractivity contribution in [3.05, 3.63) is 44.1 Å². The van der Waals surface area contributed by atoms with Gasteiger partial charge in [0, 0.05) is 0 Å². The minimum absolute atomic E-state index is 0.127. The number of aliphatic hydroxyl groups is 4. The summed E-state index contributed by atoms with van der Waals surface area (Å²) in [6.45, 7) is 3.65. The number of hydrogen-bond acceptors (Lipinski definition) is 10. The van der Waals surface area contributed by atoms with E-state index in [-0.39, 0.29) is 18.1 Å². The predicted octanol–water partition coefficient (Wildman–Crippen LogP) is -1.79. The van der Waals surface area contributed by atoms with Crippen LogP contribution in [0.5, 0.6) is 0 Å². The van der Waals surface area contributed by atoms with E-state index in [1.54, 1.807) is 12.1 Å². The molecule has 32 heavy (non-hydrogen) atoms. The van der Waals surface area contributed by atoms with Crippen LogP contribution in [0.15, 0.2) is 21.7 Å². The third-order valence-electron chi connectivity index (χ3n) is 5.16. The monoisotopic (exact) mass is 448 g/mol. The van der Waals surface area contributed by atoms with Crippen LogP contribution in [0.1, 0.15) is 18.1 Å². The normalized spacial score (nSPS) is 15.5. The van der Waals surface area contributed by atoms with E-state index < -0.39 is 48.2 Å². The molecule has 1 unspecified atom stereocenters. The minimum Gasteiger partial charge on any atom is -0.456 e. The van der Waals surface area contributed by atoms with Crippen molar-refractivity contribution in [3.8, 4) is 11.5 Å². The van der Waals surface area contributed by atoms with Crippen molar-refractivity contribution in [1.29, 1.82) is 0 Å². The average Bonchev–Trinajstić information content (AvgIpc) is 2.73. The van der Waals surface area contributed by atoms with Crippen LogP contribution >= 0.6 is 0 Å². The molecule has 12 nitrogen and oxygen atoms in total. The fourth-order valence-electron chi connectivity index (χ4n) is 3.23. The van der Waals surface area contributed by atoms with Gasteiger partial charge in [-0.05, 0) is 44.0 Å². The molecule has 0 radical (unpaired) electrons. The Morgan fingerprint density at radius 1 is 1.16 bits per heavy atom. The summed E-state index contributed by atoms with van der Waals surface area (Å²) in [6, 6.07) is 3.45. The molecule has 2 aliphatic rings. The molecule has 0 fully saturated rings. The van der Waals surface area contributed by atoms with Crippen molar-refractivity contribution in [2.75, 3.05) is 6.61 Å². The number of rotatable bonds is 7. The first-order chi connectivity index (χ1) is 15.0. The highest BCUT2D eigenvalue weighted by Gasteiger charge is 2.32. The number of carbonyl (C=O) groups excluding carboxylic acids is 1. The molecule has 1 aromatic carbocycles. The maximum atomic E-state index is 12.4. The molecule has 0 aromatic heterocycles. The molecule has 0 amide bonds. The number of fused-ring (bicyclic) bond motifs is 2. The molecule has 0 saturated carbocycles. The molecule has 172 valence electrons. The lowest BCUT2D eigenvalue weighted by atomic mass is 10.1. The van der Waals surface area contributed by atoms with Gasteiger partial charge < -0.3 is 29.7 Å². The highest BCUT2D eigenvalue weighted by Crippen LogP contribution is 2.25. The van der Waals surface area contributed by atoms with Crippen molar-refractivity contribution in [3.63, 3.8) is 0 Å². The van der Waals surface area contributed by atoms with Gasteiger partial charge in [0.15, 0.2) is 11.5 Å². The summed E-state index contributed by atoms with van der Waals surface area (Å²) in [6.07, 6.45) is -6.42. The van der Waals surface area contributed by atoms with Crippen molar-refractivity contribution >= 4 is 17.0 Å². The Labute approximate surface area is 181 Å². The van der Waals surface area contributed by atoms with Crippen LogP contribution in [0, 0.1) is 13.8 Å². The van der Waals surface area contributed by atoms with E-state index >= 15 is 0 Å². The summed E-state index contributed by atoms with van der Waals surface area (Å²) in [5.41, 5.74) is 0.683. The Balaban J connectivity index is 2.26. The summed E-state index contributed by atoms with van der Waals surface area (Å²) >= 11 is 0. The average molecular weight is 448 g/mol. The number of ether oxygens (including phenoxy) is 1. The van der Waals surface area contributed by atoms with Gasteiger partial charge in [0.1, 0.15) is 24.4 Å². The van der Waals surface area contributed by atoms with Crippen LogP contribution in [-0.2, 0) is 16.1 Å². The third kappa shape index (κ3) is 4.53. The molecule has 0 aliphatic carbocycles. The Kier molecular flexibility index (Phi) is 6.69. The van der Waals surface area contributed by atoms with Crippen LogP contribution in [0.3, 0.4) is 0 Å². The fraction of sp³-hybridized carbons (Fsp3) is 0.450. The number of H-pyrrole nitrogens is 1. The second-order valence-corrected chi connectivity index (χ2v) is 7.58. The number of esters is 1. The summed E-state index contributed by atoms with van der Waals surface area (Å²) < 4.78 is 6.54. The van der Waals surface area contributed by atoms with Crippen LogP contribution in [0.4, 0.5) is 0 Å². The third-order valence-corrected chi connectivity index (χ3v) is 5.16. The molecule has 1 aromatic rings. The maximum absolute atomic E-state index is 12.4. The second kappa shape index (κ2) is 9.12. The number of benzene rings is 1. The van der Waals surface area contributed by atoms with E-state index in [2.05, 4.69) is 9.97 Å². The highest BCUT2D eigenvalue weighted by atomic mass is 16.6. The minimum atomic E-state index is -1.76. The molecule has 4 atom stereocenters. The summed E-state index contributed by atoms with van der Waals surface area (Å²) in [5.74, 6) is -1.21. The van der Waals surface area contributed by atoms with Crippen molar-refractivity contribution in [2.45, 2.75) is 51.7 Å². The molecule has 3 rings (SSSR count). The lowest BCUT2D eigenvalue weighted by molar-refractivity contribution is -0.171. The van der Waals surface area contributed by atoms with Gasteiger partial charge in [-0.15, -0.1) is 0 Å². The zero-order valence-corrected chi connectivity index (χ0v) is 17.6. The number of aryl methyl sites for hydroxylation is 2. The van der Waals surface area contributed by atoms with Gasteiger partial charge in [0.05, 0.1) is 24.2 Å². The van der Waals surface area contributed by atoms with E-state index in [1.165, 1.54) is 4.57 Å². The predicted molar refractivity (Wildman–Crippen MR) is 111 cm³/mol. The summed E-state index contributed by atoms with van der Waals surface area (Å²) in [4.78, 5) is 46.5. The van der Waals surface area contributed by atoms with Gasteiger partial charge in [0.25, 0.3) is 5.56 Å². The number of aromatic amines is 1. The Hall–Kier alpha value is -3.19. The van der Waals surface area contributed by atoms with E-state index in [9.17, 15) is 34.8 Å². The molecule has 0 spiro atoms. The molecular weight excluding hydrogens is 424 g/mol. The van der Waals surface area contributed by atoms with Gasteiger partial charge in [0.2, 0.25) is 0 Å². The van der Waals surface area contributed by atoms with E-state index in [1.807, 2.05) is 18.8 Å². The number of carbonyl (C=O) groups is 1. The molecule has 0 bridgehead atoms. The van der Waals surface area contributed by atoms with Gasteiger partial charge >= 0.3 is 11.7 Å². The van der Waals surface area contributed by atoms with Crippen LogP contribution in [0.25, 0.3) is 22.6 Å². The lowest BCUT2D eigenvalue weighted by Gasteiger charge is -2.28. The number of nitrogens with one attached hydrogen (secondary N) is 1. The first kappa shape index (κ1) is 23.5. The zero-order valence-electron chi connectivity index (χ0n) is 17.6. The van der Waals surface area contributed by atoms with Crippen molar-refractivity contribution < 1.29 is 30.0 Å². The van der Waals surface area contributed by atoms with Crippen LogP contribution < -0.4 is 11.2 Å². The quantitative estimate of drug-likeness (QED) is 0.204. The molecule has 0 saturated heterocycles. The number of hydrogen-bond donors (Lipinski definition) is 5. The summed E-state index contributed by atoms with van der Waals surface area (Å²) in [5, 5.41) is 39.1. The largest absolute Gasteiger partial charge is 0.456 e. The van der Waals surface area contributed by atoms with E-state index in [0.717, 1.165) is 18.1 Å². The second-order valence-electron chi connectivity index (χ2n) is 7.58. The standard InChI is InChI=1S/C20H24N4O8/c1-8-4-11-12(5-9(8)2)24(17-15(21-11)18(29)23-20(31)22-17)6-14(16(28)13(27)7-25)32-19(30)10(3)26/h4-5,10,13-14,16,25-28H,6-7H2,1-3H3,(H,23,29,31)/t10?,13-,14+,16-/m0/s1. The first-order valence-corrected chi connectivity index (χ1v) is 9.80. The molecule has 2 heterocycles. The molecule has 12 heteroatoms. The Morgan fingerprint density at radius 3 is 2.44 bits per heavy atom. The smallest absolute Gasteiger partial charge is 0.349 e. The highest BCUT2D eigenvalue weighted by molar-refractivity contribution is 5.81. The van der Waals surface area contributed by atoms with E-state index in [4.69, 9.17) is 4.74 Å². The van der Waals surface area contributed by atoms with Gasteiger partial charge in [-0.3, -0.25) is 9.78 Å². The van der Waals surface area contributed by atoms with Gasteiger partial charge in [-0.25, -0.2) is 14.6 Å². The fourth-order valence-corrected chi connectivity index (χ4v) is 3.23. The Bertz CT molecular complexity index is 1230. The summed E-state index contributed by atoms with van der Waals surface area (Å²) in [7, 11) is 0. The van der Waals surface area contributed by atoms with E-state index in [0.29, 0.717) is 11.0 Å².